The number of rotatable bonds is 8. The Hall–Kier alpha value is -2.30. The number of hydrogen-bond donors (Lipinski definition) is 0. The molecule has 0 spiro atoms. The van der Waals surface area contributed by atoms with Gasteiger partial charge in [-0.15, -0.1) is 22.7 Å². The number of hydrogen-bond acceptors (Lipinski definition) is 4. The van der Waals surface area contributed by atoms with Crippen molar-refractivity contribution in [2.45, 2.75) is 91.9 Å². The van der Waals surface area contributed by atoms with E-state index in [4.69, 9.17) is 9.47 Å². The van der Waals surface area contributed by atoms with E-state index in [0.717, 1.165) is 50.4 Å². The van der Waals surface area contributed by atoms with Crippen LogP contribution in [0.1, 0.15) is 99.2 Å². The molecule has 2 nitrogen and oxygen atoms in total. The molecule has 0 aliphatic heterocycles. The van der Waals surface area contributed by atoms with Gasteiger partial charge in [-0.05, 0) is 84.0 Å². The lowest BCUT2D eigenvalue weighted by molar-refractivity contribution is 0.310. The smallest absolute Gasteiger partial charge is 0.128 e. The SMILES string of the molecule is CCCCOc1cc2c3c(c(OCCCC)cc2c2c1-c1sc(C)cc1C2(C)C)-c1sc(C)cc1C3(C)C. The second kappa shape index (κ2) is 9.13. The molecule has 0 saturated carbocycles. The fourth-order valence-corrected chi connectivity index (χ4v) is 9.17. The number of fused-ring (bicyclic) bond motifs is 9. The molecule has 2 aromatic heterocycles. The van der Waals surface area contributed by atoms with Crippen molar-refractivity contribution in [3.63, 3.8) is 0 Å². The molecule has 0 radical (unpaired) electrons. The topological polar surface area (TPSA) is 18.5 Å². The van der Waals surface area contributed by atoms with Crippen molar-refractivity contribution < 1.29 is 9.47 Å². The first kappa shape index (κ1) is 26.0. The lowest BCUT2D eigenvalue weighted by Gasteiger charge is -2.28. The summed E-state index contributed by atoms with van der Waals surface area (Å²) in [4.78, 5) is 5.51. The van der Waals surface area contributed by atoms with Crippen LogP contribution in [0.15, 0.2) is 24.3 Å². The van der Waals surface area contributed by atoms with Gasteiger partial charge < -0.3 is 9.47 Å². The zero-order valence-corrected chi connectivity index (χ0v) is 25.8. The third kappa shape index (κ3) is 3.63. The zero-order valence-electron chi connectivity index (χ0n) is 24.2. The molecular formula is C34H40O2S2. The molecule has 4 aromatic rings. The minimum Gasteiger partial charge on any atom is -0.493 e. The molecule has 0 N–H and O–H groups in total. The van der Waals surface area contributed by atoms with Gasteiger partial charge in [0.05, 0.1) is 13.2 Å². The summed E-state index contributed by atoms with van der Waals surface area (Å²) >= 11 is 3.83. The second-order valence-corrected chi connectivity index (χ2v) is 14.7. The Labute approximate surface area is 236 Å². The standard InChI is InChI=1S/C34H40O2S2/c1-9-11-13-35-25-17-21-22(29-27(25)31-23(33(29,5)6)15-19(3)37-31)18-26(36-14-12-10-2)28-30(21)34(7,8)24-16-20(4)38-32(24)28/h15-18H,9-14H2,1-8H3. The van der Waals surface area contributed by atoms with Crippen LogP contribution in [0.25, 0.3) is 31.7 Å². The van der Waals surface area contributed by atoms with Gasteiger partial charge in [-0.3, -0.25) is 0 Å². The monoisotopic (exact) mass is 544 g/mol. The van der Waals surface area contributed by atoms with E-state index in [-0.39, 0.29) is 10.8 Å². The van der Waals surface area contributed by atoms with E-state index in [9.17, 15) is 0 Å². The van der Waals surface area contributed by atoms with Crippen LogP contribution in [0.4, 0.5) is 0 Å². The predicted octanol–water partition coefficient (Wildman–Crippen LogP) is 10.6. The lowest BCUT2D eigenvalue weighted by atomic mass is 9.76. The highest BCUT2D eigenvalue weighted by molar-refractivity contribution is 7.16. The Balaban J connectivity index is 1.71. The second-order valence-electron chi connectivity index (χ2n) is 12.2. The number of unbranched alkanes of at least 4 members (excludes halogenated alkanes) is 2. The van der Waals surface area contributed by atoms with Crippen molar-refractivity contribution in [3.8, 4) is 32.4 Å². The third-order valence-corrected chi connectivity index (χ3v) is 10.8. The average Bonchev–Trinajstić information content (AvgIpc) is 3.55. The Morgan fingerprint density at radius 2 is 1.03 bits per heavy atom. The van der Waals surface area contributed by atoms with E-state index in [2.05, 4.69) is 79.7 Å². The van der Waals surface area contributed by atoms with Crippen LogP contribution >= 0.6 is 22.7 Å². The Morgan fingerprint density at radius 3 is 1.39 bits per heavy atom. The molecule has 0 amide bonds. The van der Waals surface area contributed by atoms with E-state index in [1.165, 1.54) is 63.7 Å². The van der Waals surface area contributed by atoms with Crippen LogP contribution in [0.5, 0.6) is 11.5 Å². The molecule has 0 unspecified atom stereocenters. The van der Waals surface area contributed by atoms with Gasteiger partial charge in [-0.25, -0.2) is 0 Å². The fraction of sp³-hybridized carbons (Fsp3) is 0.471. The largest absolute Gasteiger partial charge is 0.493 e. The van der Waals surface area contributed by atoms with Gasteiger partial charge in [-0.2, -0.15) is 0 Å². The summed E-state index contributed by atoms with van der Waals surface area (Å²) in [5, 5.41) is 2.66. The Bertz CT molecular complexity index is 1450. The summed E-state index contributed by atoms with van der Waals surface area (Å²) in [5.41, 5.74) is 8.12. The quantitative estimate of drug-likeness (QED) is 0.205. The number of thiophene rings is 2. The minimum absolute atomic E-state index is 0.100. The van der Waals surface area contributed by atoms with Crippen LogP contribution in [0, 0.1) is 13.8 Å². The summed E-state index contributed by atoms with van der Waals surface area (Å²) in [6.45, 7) is 20.0. The van der Waals surface area contributed by atoms with Gasteiger partial charge in [0.25, 0.3) is 0 Å². The first-order valence-electron chi connectivity index (χ1n) is 14.3. The van der Waals surface area contributed by atoms with E-state index in [0.29, 0.717) is 0 Å². The van der Waals surface area contributed by atoms with Gasteiger partial charge >= 0.3 is 0 Å². The molecule has 0 saturated heterocycles. The third-order valence-electron chi connectivity index (χ3n) is 8.64. The normalized spacial score (nSPS) is 15.9. The molecule has 0 atom stereocenters. The maximum atomic E-state index is 6.65. The van der Waals surface area contributed by atoms with Crippen molar-refractivity contribution >= 4 is 33.4 Å². The van der Waals surface area contributed by atoms with Crippen molar-refractivity contribution in [3.05, 3.63) is 56.3 Å². The summed E-state index contributed by atoms with van der Waals surface area (Å²) in [6, 6.07) is 9.56. The van der Waals surface area contributed by atoms with Gasteiger partial charge in [0, 0.05) is 41.5 Å². The van der Waals surface area contributed by atoms with Crippen LogP contribution in [-0.4, -0.2) is 13.2 Å². The van der Waals surface area contributed by atoms with Crippen LogP contribution in [0.3, 0.4) is 0 Å². The molecular weight excluding hydrogens is 505 g/mol. The minimum atomic E-state index is -0.100. The lowest BCUT2D eigenvalue weighted by Crippen LogP contribution is -2.18. The molecule has 38 heavy (non-hydrogen) atoms. The predicted molar refractivity (Wildman–Crippen MR) is 165 cm³/mol. The van der Waals surface area contributed by atoms with E-state index >= 15 is 0 Å². The molecule has 200 valence electrons. The highest BCUT2D eigenvalue weighted by atomic mass is 32.1. The average molecular weight is 545 g/mol. The summed E-state index contributed by atoms with van der Waals surface area (Å²) in [5.74, 6) is 2.11. The van der Waals surface area contributed by atoms with Crippen molar-refractivity contribution in [2.24, 2.45) is 0 Å². The number of ether oxygens (including phenoxy) is 2. The van der Waals surface area contributed by atoms with E-state index in [1.54, 1.807) is 0 Å². The number of benzene rings is 2. The first-order valence-corrected chi connectivity index (χ1v) is 15.9. The molecule has 2 aliphatic rings. The molecule has 0 fully saturated rings. The molecule has 2 aromatic carbocycles. The number of aryl methyl sites for hydroxylation is 2. The molecule has 4 heteroatoms. The maximum absolute atomic E-state index is 6.65. The molecule has 0 bridgehead atoms. The van der Waals surface area contributed by atoms with Crippen LogP contribution < -0.4 is 9.47 Å². The molecule has 2 aliphatic carbocycles. The van der Waals surface area contributed by atoms with Crippen LogP contribution in [0.2, 0.25) is 0 Å². The van der Waals surface area contributed by atoms with E-state index < -0.39 is 0 Å². The van der Waals surface area contributed by atoms with E-state index in [1.807, 2.05) is 22.7 Å². The molecule has 2 heterocycles. The highest BCUT2D eigenvalue weighted by Crippen LogP contribution is 2.62. The summed E-state index contributed by atoms with van der Waals surface area (Å²) < 4.78 is 13.3. The Morgan fingerprint density at radius 1 is 0.632 bits per heavy atom. The summed E-state index contributed by atoms with van der Waals surface area (Å²) in [6.07, 6.45) is 4.39. The zero-order chi connectivity index (χ0) is 27.0. The maximum Gasteiger partial charge on any atom is 0.128 e. The van der Waals surface area contributed by atoms with Crippen molar-refractivity contribution in [2.75, 3.05) is 13.2 Å². The molecule has 6 rings (SSSR count). The van der Waals surface area contributed by atoms with Crippen molar-refractivity contribution in [1.29, 1.82) is 0 Å². The highest BCUT2D eigenvalue weighted by Gasteiger charge is 2.45. The summed E-state index contributed by atoms with van der Waals surface area (Å²) in [7, 11) is 0. The van der Waals surface area contributed by atoms with Gasteiger partial charge in [-0.1, -0.05) is 54.4 Å². The van der Waals surface area contributed by atoms with Gasteiger partial charge in [0.2, 0.25) is 0 Å². The van der Waals surface area contributed by atoms with Gasteiger partial charge in [0.1, 0.15) is 11.5 Å². The Kier molecular flexibility index (Phi) is 6.23. The fourth-order valence-electron chi connectivity index (χ4n) is 6.72. The van der Waals surface area contributed by atoms with Gasteiger partial charge in [0.15, 0.2) is 0 Å². The van der Waals surface area contributed by atoms with Crippen molar-refractivity contribution in [1.82, 2.24) is 0 Å². The first-order chi connectivity index (χ1) is 18.1. The van der Waals surface area contributed by atoms with Crippen LogP contribution in [-0.2, 0) is 10.8 Å².